The van der Waals surface area contributed by atoms with Crippen LogP contribution in [0, 0.1) is 5.92 Å². The zero-order valence-electron chi connectivity index (χ0n) is 11.3. The van der Waals surface area contributed by atoms with Crippen molar-refractivity contribution in [3.63, 3.8) is 0 Å². The van der Waals surface area contributed by atoms with Crippen molar-refractivity contribution in [2.24, 2.45) is 5.92 Å². The molecule has 0 aliphatic heterocycles. The molecule has 1 saturated carbocycles. The van der Waals surface area contributed by atoms with Gasteiger partial charge in [-0.25, -0.2) is 0 Å². The Hall–Kier alpha value is -1.02. The maximum absolute atomic E-state index is 11.7. The number of amides is 1. The molecule has 1 amide bonds. The molecule has 1 fully saturated rings. The summed E-state index contributed by atoms with van der Waals surface area (Å²) < 4.78 is 0. The lowest BCUT2D eigenvalue weighted by Crippen LogP contribution is -2.25. The van der Waals surface area contributed by atoms with Crippen LogP contribution in [0.5, 0.6) is 0 Å². The molecular formula is C16H22ClNO. The van der Waals surface area contributed by atoms with Crippen molar-refractivity contribution in [1.82, 2.24) is 5.32 Å². The Morgan fingerprint density at radius 2 is 2.11 bits per heavy atom. The second-order valence-corrected chi connectivity index (χ2v) is 5.86. The van der Waals surface area contributed by atoms with Gasteiger partial charge >= 0.3 is 0 Å². The van der Waals surface area contributed by atoms with E-state index >= 15 is 0 Å². The average Bonchev–Trinajstić information content (AvgIpc) is 2.89. The van der Waals surface area contributed by atoms with E-state index in [9.17, 15) is 4.79 Å². The highest BCUT2D eigenvalue weighted by Gasteiger charge is 2.15. The molecule has 3 heteroatoms. The predicted molar refractivity (Wildman–Crippen MR) is 79.4 cm³/mol. The molecule has 0 unspecified atom stereocenters. The van der Waals surface area contributed by atoms with Crippen molar-refractivity contribution in [2.75, 3.05) is 6.54 Å². The Kier molecular flexibility index (Phi) is 5.71. The molecule has 2 rings (SSSR count). The highest BCUT2D eigenvalue weighted by molar-refractivity contribution is 6.30. The van der Waals surface area contributed by atoms with E-state index in [0.29, 0.717) is 13.0 Å². The average molecular weight is 280 g/mol. The van der Waals surface area contributed by atoms with E-state index in [4.69, 9.17) is 11.6 Å². The molecule has 0 aromatic heterocycles. The van der Waals surface area contributed by atoms with E-state index in [0.717, 1.165) is 23.8 Å². The van der Waals surface area contributed by atoms with Gasteiger partial charge in [0.05, 0.1) is 0 Å². The summed E-state index contributed by atoms with van der Waals surface area (Å²) in [7, 11) is 0. The molecule has 0 bridgehead atoms. The van der Waals surface area contributed by atoms with Gasteiger partial charge in [-0.3, -0.25) is 4.79 Å². The predicted octanol–water partition coefficient (Wildman–Crippen LogP) is 3.97. The van der Waals surface area contributed by atoms with Crippen molar-refractivity contribution in [3.8, 4) is 0 Å². The fraction of sp³-hybridized carbons (Fsp3) is 0.562. The Balaban J connectivity index is 1.60. The summed E-state index contributed by atoms with van der Waals surface area (Å²) in [5, 5.41) is 3.75. The van der Waals surface area contributed by atoms with E-state index in [1.807, 2.05) is 24.3 Å². The summed E-state index contributed by atoms with van der Waals surface area (Å²) in [6.07, 6.45) is 7.91. The van der Waals surface area contributed by atoms with Crippen LogP contribution in [0.4, 0.5) is 0 Å². The minimum absolute atomic E-state index is 0.189. The number of hydrogen-bond donors (Lipinski definition) is 1. The number of nitrogens with one attached hydrogen (secondary N) is 1. The van der Waals surface area contributed by atoms with Crippen LogP contribution < -0.4 is 5.32 Å². The first-order valence-corrected chi connectivity index (χ1v) is 7.63. The molecule has 2 nitrogen and oxygen atoms in total. The topological polar surface area (TPSA) is 29.1 Å². The Labute approximate surface area is 120 Å². The Bertz CT molecular complexity index is 413. The van der Waals surface area contributed by atoms with Gasteiger partial charge < -0.3 is 5.32 Å². The van der Waals surface area contributed by atoms with Gasteiger partial charge in [0.2, 0.25) is 5.91 Å². The van der Waals surface area contributed by atoms with E-state index in [1.54, 1.807) is 0 Å². The third kappa shape index (κ3) is 5.23. The first-order chi connectivity index (χ1) is 9.24. The molecule has 1 aliphatic rings. The largest absolute Gasteiger partial charge is 0.356 e. The highest BCUT2D eigenvalue weighted by atomic mass is 35.5. The SMILES string of the molecule is O=C(CCC1CCCC1)NCCc1cccc(Cl)c1. The van der Waals surface area contributed by atoms with E-state index in [-0.39, 0.29) is 5.91 Å². The third-order valence-corrected chi connectivity index (χ3v) is 4.11. The number of carbonyl (C=O) groups excluding carboxylic acids is 1. The lowest BCUT2D eigenvalue weighted by molar-refractivity contribution is -0.121. The Morgan fingerprint density at radius 1 is 1.32 bits per heavy atom. The number of rotatable bonds is 6. The summed E-state index contributed by atoms with van der Waals surface area (Å²) in [6.45, 7) is 0.698. The fourth-order valence-electron chi connectivity index (χ4n) is 2.76. The standard InChI is InChI=1S/C16H22ClNO/c17-15-7-3-6-14(12-15)10-11-18-16(19)9-8-13-4-1-2-5-13/h3,6-7,12-13H,1-2,4-5,8-11H2,(H,18,19). The molecule has 0 atom stereocenters. The highest BCUT2D eigenvalue weighted by Crippen LogP contribution is 2.28. The summed E-state index contributed by atoms with van der Waals surface area (Å²) >= 11 is 5.92. The van der Waals surface area contributed by atoms with E-state index in [1.165, 1.54) is 31.2 Å². The smallest absolute Gasteiger partial charge is 0.220 e. The monoisotopic (exact) mass is 279 g/mol. The zero-order chi connectivity index (χ0) is 13.5. The van der Waals surface area contributed by atoms with Gasteiger partial charge in [-0.15, -0.1) is 0 Å². The first kappa shape index (κ1) is 14.4. The number of carbonyl (C=O) groups is 1. The van der Waals surface area contributed by atoms with Crippen LogP contribution in [0.15, 0.2) is 24.3 Å². The number of hydrogen-bond acceptors (Lipinski definition) is 1. The van der Waals surface area contributed by atoms with Crippen LogP contribution in [0.1, 0.15) is 44.1 Å². The fourth-order valence-corrected chi connectivity index (χ4v) is 2.97. The molecule has 1 N–H and O–H groups in total. The number of benzene rings is 1. The molecule has 1 aliphatic carbocycles. The summed E-state index contributed by atoms with van der Waals surface area (Å²) in [4.78, 5) is 11.7. The van der Waals surface area contributed by atoms with Gasteiger partial charge in [-0.1, -0.05) is 49.4 Å². The first-order valence-electron chi connectivity index (χ1n) is 7.25. The zero-order valence-corrected chi connectivity index (χ0v) is 12.1. The van der Waals surface area contributed by atoms with Crippen molar-refractivity contribution < 1.29 is 4.79 Å². The third-order valence-electron chi connectivity index (χ3n) is 3.88. The van der Waals surface area contributed by atoms with Gasteiger partial charge in [0.1, 0.15) is 0 Å². The second kappa shape index (κ2) is 7.54. The van der Waals surface area contributed by atoms with Crippen LogP contribution in [-0.4, -0.2) is 12.5 Å². The van der Waals surface area contributed by atoms with Gasteiger partial charge in [0, 0.05) is 18.0 Å². The van der Waals surface area contributed by atoms with Crippen LogP contribution in [-0.2, 0) is 11.2 Å². The lowest BCUT2D eigenvalue weighted by atomic mass is 10.0. The van der Waals surface area contributed by atoms with Crippen LogP contribution in [0.2, 0.25) is 5.02 Å². The summed E-state index contributed by atoms with van der Waals surface area (Å²) in [5.41, 5.74) is 1.17. The van der Waals surface area contributed by atoms with Crippen LogP contribution in [0.25, 0.3) is 0 Å². The minimum Gasteiger partial charge on any atom is -0.356 e. The molecular weight excluding hydrogens is 258 g/mol. The molecule has 104 valence electrons. The molecule has 0 heterocycles. The van der Waals surface area contributed by atoms with Crippen molar-refractivity contribution in [2.45, 2.75) is 44.9 Å². The quantitative estimate of drug-likeness (QED) is 0.839. The maximum Gasteiger partial charge on any atom is 0.220 e. The van der Waals surface area contributed by atoms with Crippen LogP contribution in [0.3, 0.4) is 0 Å². The van der Waals surface area contributed by atoms with Gasteiger partial charge in [-0.05, 0) is 36.5 Å². The minimum atomic E-state index is 0.189. The van der Waals surface area contributed by atoms with Crippen LogP contribution >= 0.6 is 11.6 Å². The molecule has 0 saturated heterocycles. The molecule has 1 aromatic rings. The Morgan fingerprint density at radius 3 is 2.84 bits per heavy atom. The maximum atomic E-state index is 11.7. The van der Waals surface area contributed by atoms with Crippen molar-refractivity contribution in [3.05, 3.63) is 34.9 Å². The molecule has 0 spiro atoms. The molecule has 0 radical (unpaired) electrons. The lowest BCUT2D eigenvalue weighted by Gasteiger charge is -2.09. The van der Waals surface area contributed by atoms with Crippen molar-refractivity contribution in [1.29, 1.82) is 0 Å². The molecule has 1 aromatic carbocycles. The van der Waals surface area contributed by atoms with E-state index < -0.39 is 0 Å². The molecule has 19 heavy (non-hydrogen) atoms. The second-order valence-electron chi connectivity index (χ2n) is 5.42. The summed E-state index contributed by atoms with van der Waals surface area (Å²) in [6, 6.07) is 7.80. The normalized spacial score (nSPS) is 15.6. The number of halogens is 1. The van der Waals surface area contributed by atoms with E-state index in [2.05, 4.69) is 5.32 Å². The van der Waals surface area contributed by atoms with Gasteiger partial charge in [0.15, 0.2) is 0 Å². The van der Waals surface area contributed by atoms with Gasteiger partial charge in [-0.2, -0.15) is 0 Å². The van der Waals surface area contributed by atoms with Crippen molar-refractivity contribution >= 4 is 17.5 Å². The summed E-state index contributed by atoms with van der Waals surface area (Å²) in [5.74, 6) is 0.979. The van der Waals surface area contributed by atoms with Gasteiger partial charge in [0.25, 0.3) is 0 Å².